The molecule has 1 aliphatic rings. The van der Waals surface area contributed by atoms with E-state index in [1.807, 2.05) is 54.3 Å². The van der Waals surface area contributed by atoms with E-state index in [1.54, 1.807) is 12.4 Å². The van der Waals surface area contributed by atoms with E-state index in [2.05, 4.69) is 10.3 Å². The van der Waals surface area contributed by atoms with Gasteiger partial charge in [0.1, 0.15) is 0 Å². The monoisotopic (exact) mass is 339 g/mol. The van der Waals surface area contributed by atoms with Crippen LogP contribution in [0.15, 0.2) is 54.9 Å². The highest BCUT2D eigenvalue weighted by molar-refractivity contribution is 5.74. The number of rotatable bonds is 4. The molecule has 5 heteroatoms. The zero-order chi connectivity index (χ0) is 17.6. The molecule has 2 heterocycles. The number of aromatic nitrogens is 1. The molecule has 0 bridgehead atoms. The third kappa shape index (κ3) is 4.37. The summed E-state index contributed by atoms with van der Waals surface area (Å²) >= 11 is 0. The van der Waals surface area contributed by atoms with Crippen molar-refractivity contribution in [3.05, 3.63) is 66.0 Å². The van der Waals surface area contributed by atoms with E-state index in [9.17, 15) is 9.90 Å². The Bertz CT molecular complexity index is 670. The molecular formula is C20H25N3O2. The molecule has 1 saturated heterocycles. The molecule has 2 aromatic rings. The first-order valence-corrected chi connectivity index (χ1v) is 8.83. The minimum atomic E-state index is -0.456. The van der Waals surface area contributed by atoms with Gasteiger partial charge in [0.2, 0.25) is 0 Å². The minimum absolute atomic E-state index is 0.0445. The number of pyridine rings is 1. The predicted molar refractivity (Wildman–Crippen MR) is 96.9 cm³/mol. The van der Waals surface area contributed by atoms with Crippen molar-refractivity contribution in [3.63, 3.8) is 0 Å². The average molecular weight is 339 g/mol. The molecule has 0 aliphatic carbocycles. The Hall–Kier alpha value is -2.40. The van der Waals surface area contributed by atoms with Gasteiger partial charge in [0.15, 0.2) is 0 Å². The Kier molecular flexibility index (Phi) is 5.66. The molecule has 0 saturated carbocycles. The molecule has 1 fully saturated rings. The number of amides is 2. The molecule has 0 radical (unpaired) electrons. The summed E-state index contributed by atoms with van der Waals surface area (Å²) in [6.45, 7) is 3.31. The van der Waals surface area contributed by atoms with Crippen molar-refractivity contribution in [1.82, 2.24) is 15.2 Å². The molecule has 3 rings (SSSR count). The van der Waals surface area contributed by atoms with Crippen molar-refractivity contribution in [2.45, 2.75) is 31.9 Å². The van der Waals surface area contributed by atoms with Crippen LogP contribution in [-0.4, -0.2) is 34.1 Å². The van der Waals surface area contributed by atoms with Crippen LogP contribution < -0.4 is 5.32 Å². The van der Waals surface area contributed by atoms with Crippen molar-refractivity contribution < 1.29 is 9.90 Å². The highest BCUT2D eigenvalue weighted by Crippen LogP contribution is 2.30. The van der Waals surface area contributed by atoms with Crippen LogP contribution in [-0.2, 0) is 0 Å². The summed E-state index contributed by atoms with van der Waals surface area (Å²) < 4.78 is 0. The van der Waals surface area contributed by atoms with Crippen LogP contribution in [0, 0.1) is 5.92 Å². The first kappa shape index (κ1) is 17.4. The Morgan fingerprint density at radius 3 is 2.40 bits per heavy atom. The molecule has 2 N–H and O–H groups in total. The van der Waals surface area contributed by atoms with Gasteiger partial charge in [0.25, 0.3) is 0 Å². The molecule has 5 nitrogen and oxygen atoms in total. The lowest BCUT2D eigenvalue weighted by Gasteiger charge is -2.35. The van der Waals surface area contributed by atoms with Crippen LogP contribution in [0.4, 0.5) is 4.79 Å². The topological polar surface area (TPSA) is 65.5 Å². The number of benzene rings is 1. The number of hydrogen-bond acceptors (Lipinski definition) is 3. The second kappa shape index (κ2) is 8.12. The number of carbonyl (C=O) groups is 1. The molecule has 1 aliphatic heterocycles. The van der Waals surface area contributed by atoms with E-state index >= 15 is 0 Å². The van der Waals surface area contributed by atoms with E-state index in [0.29, 0.717) is 13.1 Å². The summed E-state index contributed by atoms with van der Waals surface area (Å²) in [6, 6.07) is 13.5. The average Bonchev–Trinajstić information content (AvgIpc) is 2.69. The lowest BCUT2D eigenvalue weighted by Crippen LogP contribution is -2.45. The van der Waals surface area contributed by atoms with Gasteiger partial charge in [-0.2, -0.15) is 0 Å². The summed E-state index contributed by atoms with van der Waals surface area (Å²) in [5, 5.41) is 13.6. The second-order valence-corrected chi connectivity index (χ2v) is 6.63. The number of urea groups is 1. The maximum absolute atomic E-state index is 12.5. The van der Waals surface area contributed by atoms with E-state index in [1.165, 1.54) is 0 Å². The quantitative estimate of drug-likeness (QED) is 0.898. The van der Waals surface area contributed by atoms with Crippen LogP contribution in [0.2, 0.25) is 0 Å². The largest absolute Gasteiger partial charge is 0.388 e. The van der Waals surface area contributed by atoms with Gasteiger partial charge in [-0.3, -0.25) is 4.98 Å². The van der Waals surface area contributed by atoms with Gasteiger partial charge in [-0.15, -0.1) is 0 Å². The number of piperidine rings is 1. The van der Waals surface area contributed by atoms with Crippen molar-refractivity contribution in [2.24, 2.45) is 5.92 Å². The zero-order valence-electron chi connectivity index (χ0n) is 14.5. The number of aliphatic hydroxyl groups is 1. The highest BCUT2D eigenvalue weighted by atomic mass is 16.3. The van der Waals surface area contributed by atoms with Gasteiger partial charge in [0.05, 0.1) is 12.1 Å². The SMILES string of the molecule is CC(NC(=O)N1CCC(C(O)c2ccccc2)CC1)c1ccncc1. The Labute approximate surface area is 148 Å². The van der Waals surface area contributed by atoms with E-state index in [0.717, 1.165) is 24.0 Å². The standard InChI is InChI=1S/C20H25N3O2/c1-15(16-7-11-21-12-8-16)22-20(25)23-13-9-18(10-14-23)19(24)17-5-3-2-4-6-17/h2-8,11-12,15,18-19,24H,9-10,13-14H2,1H3,(H,22,25). The summed E-state index contributed by atoms with van der Waals surface area (Å²) in [5.41, 5.74) is 1.99. The molecule has 2 amide bonds. The fourth-order valence-corrected chi connectivity index (χ4v) is 3.35. The highest BCUT2D eigenvalue weighted by Gasteiger charge is 2.28. The van der Waals surface area contributed by atoms with Gasteiger partial charge in [0, 0.05) is 25.5 Å². The van der Waals surface area contributed by atoms with Gasteiger partial charge in [-0.05, 0) is 48.9 Å². The van der Waals surface area contributed by atoms with Crippen molar-refractivity contribution in [2.75, 3.05) is 13.1 Å². The summed E-state index contributed by atoms with van der Waals surface area (Å²) in [5.74, 6) is 0.198. The molecule has 25 heavy (non-hydrogen) atoms. The molecular weight excluding hydrogens is 314 g/mol. The fourth-order valence-electron chi connectivity index (χ4n) is 3.35. The van der Waals surface area contributed by atoms with Crippen LogP contribution >= 0.6 is 0 Å². The number of nitrogens with zero attached hydrogens (tertiary/aromatic N) is 2. The van der Waals surface area contributed by atoms with E-state index in [4.69, 9.17) is 0 Å². The van der Waals surface area contributed by atoms with Crippen molar-refractivity contribution >= 4 is 6.03 Å². The maximum Gasteiger partial charge on any atom is 0.317 e. The van der Waals surface area contributed by atoms with Crippen LogP contribution in [0.25, 0.3) is 0 Å². The van der Waals surface area contributed by atoms with Gasteiger partial charge in [-0.25, -0.2) is 4.79 Å². The smallest absolute Gasteiger partial charge is 0.317 e. The Balaban J connectivity index is 1.51. The summed E-state index contributed by atoms with van der Waals surface area (Å²) in [6.07, 6.45) is 4.63. The molecule has 2 unspecified atom stereocenters. The summed E-state index contributed by atoms with van der Waals surface area (Å²) in [7, 11) is 0. The Morgan fingerprint density at radius 1 is 1.12 bits per heavy atom. The van der Waals surface area contributed by atoms with Gasteiger partial charge < -0.3 is 15.3 Å². The Morgan fingerprint density at radius 2 is 1.76 bits per heavy atom. The molecule has 1 aromatic carbocycles. The third-order valence-corrected chi connectivity index (χ3v) is 4.96. The lowest BCUT2D eigenvalue weighted by molar-refractivity contribution is 0.0662. The summed E-state index contributed by atoms with van der Waals surface area (Å²) in [4.78, 5) is 18.3. The maximum atomic E-state index is 12.5. The van der Waals surface area contributed by atoms with Crippen LogP contribution in [0.3, 0.4) is 0 Å². The lowest BCUT2D eigenvalue weighted by atomic mass is 9.87. The minimum Gasteiger partial charge on any atom is -0.388 e. The third-order valence-electron chi connectivity index (χ3n) is 4.96. The predicted octanol–water partition coefficient (Wildman–Crippen LogP) is 3.30. The number of nitrogens with one attached hydrogen (secondary N) is 1. The van der Waals surface area contributed by atoms with Crippen LogP contribution in [0.1, 0.15) is 43.0 Å². The number of aliphatic hydroxyl groups excluding tert-OH is 1. The number of carbonyl (C=O) groups excluding carboxylic acids is 1. The molecule has 0 spiro atoms. The van der Waals surface area contributed by atoms with E-state index < -0.39 is 6.10 Å². The van der Waals surface area contributed by atoms with Crippen molar-refractivity contribution in [1.29, 1.82) is 0 Å². The first-order chi connectivity index (χ1) is 12.1. The molecule has 132 valence electrons. The van der Waals surface area contributed by atoms with Gasteiger partial charge >= 0.3 is 6.03 Å². The van der Waals surface area contributed by atoms with E-state index in [-0.39, 0.29) is 18.0 Å². The van der Waals surface area contributed by atoms with Gasteiger partial charge in [-0.1, -0.05) is 30.3 Å². The van der Waals surface area contributed by atoms with Crippen molar-refractivity contribution in [3.8, 4) is 0 Å². The second-order valence-electron chi connectivity index (χ2n) is 6.63. The van der Waals surface area contributed by atoms with Crippen LogP contribution in [0.5, 0.6) is 0 Å². The number of hydrogen-bond donors (Lipinski definition) is 2. The first-order valence-electron chi connectivity index (χ1n) is 8.83. The zero-order valence-corrected chi connectivity index (χ0v) is 14.5. The number of likely N-dealkylation sites (tertiary alicyclic amines) is 1. The normalized spacial score (nSPS) is 17.8. The molecule has 1 aromatic heterocycles. The molecule has 2 atom stereocenters. The fraction of sp³-hybridized carbons (Fsp3) is 0.400.